The predicted molar refractivity (Wildman–Crippen MR) is 89.2 cm³/mol. The predicted octanol–water partition coefficient (Wildman–Crippen LogP) is 2.84. The van der Waals surface area contributed by atoms with E-state index in [0.29, 0.717) is 23.7 Å². The molecule has 0 bridgehead atoms. The molecule has 23 heavy (non-hydrogen) atoms. The Labute approximate surface area is 135 Å². The Balaban J connectivity index is 2.23. The van der Waals surface area contributed by atoms with Crippen molar-refractivity contribution < 1.29 is 17.9 Å². The molecule has 0 aliphatic heterocycles. The summed E-state index contributed by atoms with van der Waals surface area (Å²) < 4.78 is 32.8. The van der Waals surface area contributed by atoms with Crippen molar-refractivity contribution in [1.82, 2.24) is 0 Å². The number of sulfonamides is 1. The molecule has 0 heterocycles. The lowest BCUT2D eigenvalue weighted by atomic mass is 10.3. The van der Waals surface area contributed by atoms with E-state index in [1.54, 1.807) is 24.3 Å². The Morgan fingerprint density at radius 2 is 1.74 bits per heavy atom. The van der Waals surface area contributed by atoms with Gasteiger partial charge < -0.3 is 10.1 Å². The molecule has 2 aromatic carbocycles. The van der Waals surface area contributed by atoms with Crippen LogP contribution in [0.2, 0.25) is 0 Å². The first-order chi connectivity index (χ1) is 10.9. The van der Waals surface area contributed by atoms with E-state index in [4.69, 9.17) is 4.74 Å². The monoisotopic (exact) mass is 334 g/mol. The molecule has 0 spiro atoms. The molecule has 0 saturated carbocycles. The normalized spacial score (nSPS) is 10.9. The second kappa shape index (κ2) is 7.15. The van der Waals surface area contributed by atoms with E-state index in [2.05, 4.69) is 10.0 Å². The number of hydrogen-bond donors (Lipinski definition) is 2. The molecular weight excluding hydrogens is 316 g/mol. The lowest BCUT2D eigenvalue weighted by Gasteiger charge is -2.13. The van der Waals surface area contributed by atoms with E-state index < -0.39 is 10.0 Å². The van der Waals surface area contributed by atoms with Crippen LogP contribution in [0, 0.1) is 0 Å². The van der Waals surface area contributed by atoms with Gasteiger partial charge in [-0.1, -0.05) is 12.1 Å². The maximum Gasteiger partial charge on any atom is 0.262 e. The zero-order chi connectivity index (χ0) is 16.9. The topological polar surface area (TPSA) is 84.5 Å². The van der Waals surface area contributed by atoms with E-state index >= 15 is 0 Å². The number of amides is 1. The Kier molecular flexibility index (Phi) is 5.23. The summed E-state index contributed by atoms with van der Waals surface area (Å²) in [6, 6.07) is 12.7. The maximum absolute atomic E-state index is 12.4. The lowest BCUT2D eigenvalue weighted by molar-refractivity contribution is -0.114. The van der Waals surface area contributed by atoms with Gasteiger partial charge in [0.25, 0.3) is 10.0 Å². The van der Waals surface area contributed by atoms with Crippen molar-refractivity contribution in [1.29, 1.82) is 0 Å². The molecule has 2 rings (SSSR count). The fourth-order valence-corrected chi connectivity index (χ4v) is 3.03. The van der Waals surface area contributed by atoms with Gasteiger partial charge in [0.1, 0.15) is 5.75 Å². The molecule has 0 aromatic heterocycles. The van der Waals surface area contributed by atoms with E-state index in [9.17, 15) is 13.2 Å². The molecule has 0 fully saturated rings. The summed E-state index contributed by atoms with van der Waals surface area (Å²) in [5.41, 5.74) is 0.909. The Hall–Kier alpha value is -2.54. The highest BCUT2D eigenvalue weighted by Crippen LogP contribution is 2.26. The number of anilines is 2. The van der Waals surface area contributed by atoms with Gasteiger partial charge in [-0.25, -0.2) is 8.42 Å². The first-order valence-electron chi connectivity index (χ1n) is 7.04. The first kappa shape index (κ1) is 16.8. The minimum atomic E-state index is -3.74. The van der Waals surface area contributed by atoms with Gasteiger partial charge in [0.05, 0.1) is 17.2 Å². The average molecular weight is 334 g/mol. The van der Waals surface area contributed by atoms with Crippen LogP contribution in [0.3, 0.4) is 0 Å². The van der Waals surface area contributed by atoms with Crippen LogP contribution in [0.5, 0.6) is 5.75 Å². The van der Waals surface area contributed by atoms with E-state index in [0.717, 1.165) is 0 Å². The summed E-state index contributed by atoms with van der Waals surface area (Å²) in [7, 11) is -3.74. The molecule has 0 atom stereocenters. The molecule has 6 nitrogen and oxygen atoms in total. The standard InChI is InChI=1S/C16H18N2O4S/c1-3-22-16-7-5-4-6-15(16)18-23(20,21)14-10-8-13(9-11-14)17-12(2)19/h4-11,18H,3H2,1-2H3,(H,17,19). The number of nitrogens with one attached hydrogen (secondary N) is 2. The quantitative estimate of drug-likeness (QED) is 0.851. The summed E-state index contributed by atoms with van der Waals surface area (Å²) in [6.45, 7) is 3.65. The van der Waals surface area contributed by atoms with Crippen molar-refractivity contribution in [2.75, 3.05) is 16.6 Å². The largest absolute Gasteiger partial charge is 0.492 e. The number of rotatable bonds is 6. The molecular formula is C16H18N2O4S. The molecule has 122 valence electrons. The number of para-hydroxylation sites is 2. The van der Waals surface area contributed by atoms with Gasteiger partial charge >= 0.3 is 0 Å². The number of carbonyl (C=O) groups is 1. The van der Waals surface area contributed by atoms with Gasteiger partial charge in [0.15, 0.2) is 0 Å². The van der Waals surface area contributed by atoms with E-state index in [1.165, 1.54) is 31.2 Å². The van der Waals surface area contributed by atoms with Gasteiger partial charge in [-0.05, 0) is 43.3 Å². The maximum atomic E-state index is 12.4. The third-order valence-corrected chi connectivity index (χ3v) is 4.30. The van der Waals surface area contributed by atoms with E-state index in [-0.39, 0.29) is 10.8 Å². The third kappa shape index (κ3) is 4.46. The minimum absolute atomic E-state index is 0.0953. The molecule has 7 heteroatoms. The fourth-order valence-electron chi connectivity index (χ4n) is 1.96. The molecule has 2 aromatic rings. The SMILES string of the molecule is CCOc1ccccc1NS(=O)(=O)c1ccc(NC(C)=O)cc1. The Bertz CT molecular complexity index is 786. The van der Waals surface area contributed by atoms with Crippen LogP contribution in [-0.2, 0) is 14.8 Å². The van der Waals surface area contributed by atoms with E-state index in [1.807, 2.05) is 6.92 Å². The second-order valence-electron chi connectivity index (χ2n) is 4.74. The molecule has 0 unspecified atom stereocenters. The van der Waals surface area contributed by atoms with Crippen molar-refractivity contribution in [3.8, 4) is 5.75 Å². The Morgan fingerprint density at radius 1 is 1.09 bits per heavy atom. The first-order valence-corrected chi connectivity index (χ1v) is 8.53. The zero-order valence-corrected chi connectivity index (χ0v) is 13.7. The van der Waals surface area contributed by atoms with Crippen molar-refractivity contribution in [2.24, 2.45) is 0 Å². The van der Waals surface area contributed by atoms with Gasteiger partial charge in [0, 0.05) is 12.6 Å². The molecule has 0 radical (unpaired) electrons. The van der Waals surface area contributed by atoms with Crippen LogP contribution in [-0.4, -0.2) is 20.9 Å². The minimum Gasteiger partial charge on any atom is -0.492 e. The van der Waals surface area contributed by atoms with Crippen LogP contribution in [0.25, 0.3) is 0 Å². The van der Waals surface area contributed by atoms with Crippen molar-refractivity contribution in [3.63, 3.8) is 0 Å². The smallest absolute Gasteiger partial charge is 0.262 e. The number of carbonyl (C=O) groups excluding carboxylic acids is 1. The highest BCUT2D eigenvalue weighted by molar-refractivity contribution is 7.92. The number of benzene rings is 2. The molecule has 2 N–H and O–H groups in total. The van der Waals surface area contributed by atoms with Crippen LogP contribution in [0.1, 0.15) is 13.8 Å². The lowest BCUT2D eigenvalue weighted by Crippen LogP contribution is -2.14. The summed E-state index contributed by atoms with van der Waals surface area (Å²) in [5.74, 6) is 0.248. The van der Waals surface area contributed by atoms with Gasteiger partial charge in [-0.2, -0.15) is 0 Å². The van der Waals surface area contributed by atoms with Crippen LogP contribution >= 0.6 is 0 Å². The molecule has 0 aliphatic carbocycles. The molecule has 1 amide bonds. The van der Waals surface area contributed by atoms with Gasteiger partial charge in [0.2, 0.25) is 5.91 Å². The third-order valence-electron chi connectivity index (χ3n) is 2.92. The molecule has 0 aliphatic rings. The summed E-state index contributed by atoms with van der Waals surface area (Å²) in [4.78, 5) is 11.1. The van der Waals surface area contributed by atoms with Gasteiger partial charge in [-0.15, -0.1) is 0 Å². The van der Waals surface area contributed by atoms with Crippen molar-refractivity contribution in [2.45, 2.75) is 18.7 Å². The Morgan fingerprint density at radius 3 is 2.35 bits per heavy atom. The zero-order valence-electron chi connectivity index (χ0n) is 12.9. The molecule has 0 saturated heterocycles. The summed E-state index contributed by atoms with van der Waals surface area (Å²) in [6.07, 6.45) is 0. The number of ether oxygens (including phenoxy) is 1. The van der Waals surface area contributed by atoms with Gasteiger partial charge in [-0.3, -0.25) is 9.52 Å². The number of hydrogen-bond acceptors (Lipinski definition) is 4. The van der Waals surface area contributed by atoms with Crippen LogP contribution in [0.15, 0.2) is 53.4 Å². The fraction of sp³-hybridized carbons (Fsp3) is 0.188. The van der Waals surface area contributed by atoms with Crippen LogP contribution in [0.4, 0.5) is 11.4 Å². The second-order valence-corrected chi connectivity index (χ2v) is 6.42. The summed E-state index contributed by atoms with van der Waals surface area (Å²) >= 11 is 0. The highest BCUT2D eigenvalue weighted by Gasteiger charge is 2.16. The highest BCUT2D eigenvalue weighted by atomic mass is 32.2. The van der Waals surface area contributed by atoms with Crippen molar-refractivity contribution >= 4 is 27.3 Å². The summed E-state index contributed by atoms with van der Waals surface area (Å²) in [5, 5.41) is 2.58. The van der Waals surface area contributed by atoms with Crippen molar-refractivity contribution in [3.05, 3.63) is 48.5 Å². The average Bonchev–Trinajstić information content (AvgIpc) is 2.49. The van der Waals surface area contributed by atoms with Crippen LogP contribution < -0.4 is 14.8 Å².